The summed E-state index contributed by atoms with van der Waals surface area (Å²) in [7, 11) is -3.91. The number of carbonyl (C=O) groups excluding carboxylic acids is 2. The van der Waals surface area contributed by atoms with E-state index in [0.717, 1.165) is 44.5 Å². The van der Waals surface area contributed by atoms with Crippen LogP contribution in [0.4, 0.5) is 11.4 Å². The molecule has 1 saturated carbocycles. The van der Waals surface area contributed by atoms with Crippen molar-refractivity contribution < 1.29 is 22.7 Å². The summed E-state index contributed by atoms with van der Waals surface area (Å²) in [6.07, 6.45) is 6.06. The molecule has 30 heavy (non-hydrogen) atoms. The number of amides is 1. The predicted octanol–water partition coefficient (Wildman–Crippen LogP) is 2.41. The van der Waals surface area contributed by atoms with Crippen molar-refractivity contribution in [3.05, 3.63) is 24.3 Å². The molecule has 0 radical (unpaired) electrons. The minimum absolute atomic E-state index is 0.212. The van der Waals surface area contributed by atoms with E-state index in [-0.39, 0.29) is 6.61 Å². The van der Waals surface area contributed by atoms with Crippen LogP contribution in [0.15, 0.2) is 24.3 Å². The van der Waals surface area contributed by atoms with E-state index in [1.54, 1.807) is 19.1 Å². The first-order valence-corrected chi connectivity index (χ1v) is 12.3. The number of rotatable bonds is 8. The van der Waals surface area contributed by atoms with Crippen molar-refractivity contribution in [2.45, 2.75) is 57.4 Å². The number of hydrogen-bond donors (Lipinski definition) is 2. The number of nitrogens with zero attached hydrogens (tertiary/aromatic N) is 1. The first kappa shape index (κ1) is 22.4. The van der Waals surface area contributed by atoms with Gasteiger partial charge in [-0.05, 0) is 63.3 Å². The Balaban J connectivity index is 1.59. The maximum absolute atomic E-state index is 12.5. The van der Waals surface area contributed by atoms with Crippen LogP contribution in [-0.2, 0) is 24.3 Å². The second kappa shape index (κ2) is 9.68. The molecule has 0 aromatic heterocycles. The van der Waals surface area contributed by atoms with E-state index in [0.29, 0.717) is 18.5 Å². The number of benzene rings is 1. The number of piperidine rings is 1. The van der Waals surface area contributed by atoms with Gasteiger partial charge in [0.2, 0.25) is 15.9 Å². The van der Waals surface area contributed by atoms with E-state index >= 15 is 0 Å². The van der Waals surface area contributed by atoms with Crippen molar-refractivity contribution in [3.8, 4) is 0 Å². The van der Waals surface area contributed by atoms with E-state index in [9.17, 15) is 18.0 Å². The largest absolute Gasteiger partial charge is 0.464 e. The lowest BCUT2D eigenvalue weighted by Gasteiger charge is -2.29. The molecular formula is C21H31N3O5S. The van der Waals surface area contributed by atoms with Gasteiger partial charge < -0.3 is 15.0 Å². The Labute approximate surface area is 178 Å². The van der Waals surface area contributed by atoms with Crippen LogP contribution in [0.2, 0.25) is 0 Å². The topological polar surface area (TPSA) is 105 Å². The maximum atomic E-state index is 12.5. The maximum Gasteiger partial charge on any atom is 0.331 e. The molecule has 0 atom stereocenters. The molecule has 1 aromatic rings. The molecular weight excluding hydrogens is 406 g/mol. The smallest absolute Gasteiger partial charge is 0.331 e. The summed E-state index contributed by atoms with van der Waals surface area (Å²) in [5, 5.41) is 2.63. The molecule has 1 heterocycles. The third-order valence-corrected chi connectivity index (χ3v) is 6.87. The minimum Gasteiger partial charge on any atom is -0.464 e. The highest BCUT2D eigenvalue weighted by Crippen LogP contribution is 2.31. The Morgan fingerprint density at radius 1 is 1.03 bits per heavy atom. The van der Waals surface area contributed by atoms with Crippen LogP contribution in [0.5, 0.6) is 0 Å². The standard InChI is InChI=1S/C21H31N3O5S/c1-2-29-20(26)21(12-4-5-13-21)22-19(25)16-30(27,28)23-17-8-10-18(11-9-17)24-14-6-3-7-15-24/h8-11,23H,2-7,12-16H2,1H3,(H,22,25). The van der Waals surface area contributed by atoms with E-state index in [2.05, 4.69) is 14.9 Å². The highest BCUT2D eigenvalue weighted by Gasteiger charge is 2.44. The molecule has 9 heteroatoms. The molecule has 2 N–H and O–H groups in total. The summed E-state index contributed by atoms with van der Waals surface area (Å²) in [5.74, 6) is -1.95. The molecule has 1 saturated heterocycles. The van der Waals surface area contributed by atoms with E-state index in [4.69, 9.17) is 4.74 Å². The number of esters is 1. The molecule has 1 aliphatic heterocycles. The molecule has 0 spiro atoms. The highest BCUT2D eigenvalue weighted by atomic mass is 32.2. The van der Waals surface area contributed by atoms with Gasteiger partial charge in [-0.3, -0.25) is 9.52 Å². The van der Waals surface area contributed by atoms with Gasteiger partial charge in [-0.15, -0.1) is 0 Å². The molecule has 3 rings (SSSR count). The molecule has 166 valence electrons. The van der Waals surface area contributed by atoms with Crippen molar-refractivity contribution in [1.29, 1.82) is 0 Å². The van der Waals surface area contributed by atoms with Crippen LogP contribution in [-0.4, -0.2) is 51.3 Å². The molecule has 8 nitrogen and oxygen atoms in total. The van der Waals surface area contributed by atoms with Gasteiger partial charge in [0.25, 0.3) is 0 Å². The monoisotopic (exact) mass is 437 g/mol. The van der Waals surface area contributed by atoms with E-state index < -0.39 is 33.2 Å². The number of nitrogens with one attached hydrogen (secondary N) is 2. The van der Waals surface area contributed by atoms with Gasteiger partial charge in [-0.2, -0.15) is 0 Å². The summed E-state index contributed by atoms with van der Waals surface area (Å²) in [4.78, 5) is 27.0. The Kier molecular flexibility index (Phi) is 7.23. The third kappa shape index (κ3) is 5.65. The summed E-state index contributed by atoms with van der Waals surface area (Å²) in [6, 6.07) is 7.18. The van der Waals surface area contributed by atoms with Crippen molar-refractivity contribution in [3.63, 3.8) is 0 Å². The molecule has 2 aliphatic rings. The Morgan fingerprint density at radius 2 is 1.67 bits per heavy atom. The summed E-state index contributed by atoms with van der Waals surface area (Å²) < 4.78 is 32.5. The fraction of sp³-hybridized carbons (Fsp3) is 0.619. The molecule has 1 amide bonds. The number of carbonyl (C=O) groups is 2. The quantitative estimate of drug-likeness (QED) is 0.605. The lowest BCUT2D eigenvalue weighted by atomic mass is 9.98. The minimum atomic E-state index is -3.91. The van der Waals surface area contributed by atoms with Gasteiger partial charge in [-0.1, -0.05) is 12.8 Å². The van der Waals surface area contributed by atoms with Gasteiger partial charge in [0, 0.05) is 24.5 Å². The second-order valence-corrected chi connectivity index (χ2v) is 9.74. The SMILES string of the molecule is CCOC(=O)C1(NC(=O)CS(=O)(=O)Nc2ccc(N3CCCCC3)cc2)CCCC1. The van der Waals surface area contributed by atoms with Crippen molar-refractivity contribution in [2.24, 2.45) is 0 Å². The number of anilines is 2. The highest BCUT2D eigenvalue weighted by molar-refractivity contribution is 7.93. The van der Waals surface area contributed by atoms with Crippen molar-refractivity contribution >= 4 is 33.3 Å². The zero-order valence-corrected chi connectivity index (χ0v) is 18.3. The van der Waals surface area contributed by atoms with Crippen LogP contribution in [0.3, 0.4) is 0 Å². The lowest BCUT2D eigenvalue weighted by molar-refractivity contribution is -0.152. The first-order chi connectivity index (χ1) is 14.3. The van der Waals surface area contributed by atoms with Gasteiger partial charge in [0.15, 0.2) is 0 Å². The van der Waals surface area contributed by atoms with Crippen LogP contribution < -0.4 is 14.9 Å². The van der Waals surface area contributed by atoms with Gasteiger partial charge in [-0.25, -0.2) is 13.2 Å². The molecule has 0 bridgehead atoms. The lowest BCUT2D eigenvalue weighted by Crippen LogP contribution is -2.54. The first-order valence-electron chi connectivity index (χ1n) is 10.7. The number of hydrogen-bond acceptors (Lipinski definition) is 6. The van der Waals surface area contributed by atoms with Crippen LogP contribution in [0.25, 0.3) is 0 Å². The summed E-state index contributed by atoms with van der Waals surface area (Å²) in [6.45, 7) is 3.93. The average molecular weight is 438 g/mol. The molecule has 1 aromatic carbocycles. The van der Waals surface area contributed by atoms with Crippen LogP contribution in [0.1, 0.15) is 51.9 Å². The van der Waals surface area contributed by atoms with E-state index in [1.165, 1.54) is 6.42 Å². The number of ether oxygens (including phenoxy) is 1. The third-order valence-electron chi connectivity index (χ3n) is 5.68. The normalized spacial score (nSPS) is 18.6. The van der Waals surface area contributed by atoms with Crippen LogP contribution in [0, 0.1) is 0 Å². The van der Waals surface area contributed by atoms with Gasteiger partial charge >= 0.3 is 5.97 Å². The Morgan fingerprint density at radius 3 is 2.27 bits per heavy atom. The Bertz CT molecular complexity index is 842. The van der Waals surface area contributed by atoms with Crippen molar-refractivity contribution in [2.75, 3.05) is 35.1 Å². The predicted molar refractivity (Wildman–Crippen MR) is 116 cm³/mol. The second-order valence-electron chi connectivity index (χ2n) is 8.01. The zero-order chi connectivity index (χ0) is 21.6. The Hall–Kier alpha value is -2.29. The van der Waals surface area contributed by atoms with Gasteiger partial charge in [0.1, 0.15) is 11.3 Å². The van der Waals surface area contributed by atoms with Gasteiger partial charge in [0.05, 0.1) is 6.61 Å². The fourth-order valence-electron chi connectivity index (χ4n) is 4.21. The van der Waals surface area contributed by atoms with Crippen molar-refractivity contribution in [1.82, 2.24) is 5.32 Å². The molecule has 2 fully saturated rings. The molecule has 1 aliphatic carbocycles. The average Bonchev–Trinajstić information content (AvgIpc) is 3.18. The van der Waals surface area contributed by atoms with E-state index in [1.807, 2.05) is 12.1 Å². The summed E-state index contributed by atoms with van der Waals surface area (Å²) in [5.41, 5.74) is 0.358. The van der Waals surface area contributed by atoms with Crippen LogP contribution >= 0.6 is 0 Å². The summed E-state index contributed by atoms with van der Waals surface area (Å²) >= 11 is 0. The number of sulfonamides is 1. The molecule has 0 unspecified atom stereocenters. The zero-order valence-electron chi connectivity index (χ0n) is 17.5. The fourth-order valence-corrected chi connectivity index (χ4v) is 5.20.